The number of aliphatic imine (C=N–C) groups is 1. The lowest BCUT2D eigenvalue weighted by atomic mass is 9.53. The highest BCUT2D eigenvalue weighted by atomic mass is 35.5. The number of halogens is 1. The van der Waals surface area contributed by atoms with Crippen LogP contribution in [-0.4, -0.2) is 5.71 Å². The molecule has 0 saturated heterocycles. The zero-order valence-corrected chi connectivity index (χ0v) is 27.2. The van der Waals surface area contributed by atoms with Gasteiger partial charge in [0, 0.05) is 27.5 Å². The van der Waals surface area contributed by atoms with Crippen LogP contribution in [0.15, 0.2) is 76.8 Å². The minimum absolute atomic E-state index is 0.0136. The Morgan fingerprint density at radius 1 is 0.897 bits per heavy atom. The fourth-order valence-electron chi connectivity index (χ4n) is 6.30. The Balaban J connectivity index is 2.23. The summed E-state index contributed by atoms with van der Waals surface area (Å²) in [6.45, 7) is 25.9. The van der Waals surface area contributed by atoms with Crippen LogP contribution in [0.25, 0.3) is 0 Å². The summed E-state index contributed by atoms with van der Waals surface area (Å²) in [4.78, 5) is 5.63. The maximum Gasteiger partial charge on any atom is 0.0814 e. The van der Waals surface area contributed by atoms with Crippen molar-refractivity contribution in [2.75, 3.05) is 0 Å². The molecule has 212 valence electrons. The maximum atomic E-state index is 6.25. The second-order valence-corrected chi connectivity index (χ2v) is 13.8. The molecular formula is C37H52ClN. The predicted molar refractivity (Wildman–Crippen MR) is 173 cm³/mol. The van der Waals surface area contributed by atoms with E-state index in [9.17, 15) is 0 Å². The fraction of sp³-hybridized carbons (Fsp3) is 0.541. The van der Waals surface area contributed by atoms with Gasteiger partial charge in [-0.05, 0) is 68.2 Å². The average Bonchev–Trinajstić information content (AvgIpc) is 2.89. The van der Waals surface area contributed by atoms with Crippen molar-refractivity contribution in [2.45, 2.75) is 107 Å². The van der Waals surface area contributed by atoms with Gasteiger partial charge in [-0.1, -0.05) is 139 Å². The first kappa shape index (κ1) is 31.4. The van der Waals surface area contributed by atoms with E-state index in [-0.39, 0.29) is 28.2 Å². The average molecular weight is 546 g/mol. The normalized spacial score (nSPS) is 24.6. The molecule has 0 spiro atoms. The largest absolute Gasteiger partial charge is 0.284 e. The van der Waals surface area contributed by atoms with E-state index < -0.39 is 0 Å². The van der Waals surface area contributed by atoms with E-state index in [1.807, 2.05) is 12.1 Å². The molecule has 2 aromatic carbocycles. The third kappa shape index (κ3) is 6.30. The van der Waals surface area contributed by atoms with Crippen LogP contribution < -0.4 is 0 Å². The van der Waals surface area contributed by atoms with E-state index in [0.717, 1.165) is 24.3 Å². The second kappa shape index (κ2) is 12.2. The van der Waals surface area contributed by atoms with E-state index in [1.165, 1.54) is 22.4 Å². The Morgan fingerprint density at radius 2 is 1.46 bits per heavy atom. The van der Waals surface area contributed by atoms with Gasteiger partial charge in [-0.3, -0.25) is 4.99 Å². The monoisotopic (exact) mass is 545 g/mol. The Morgan fingerprint density at radius 3 is 1.97 bits per heavy atom. The molecule has 0 heterocycles. The SMILES string of the molecule is CCCC1=C(C(C)CC)C(C)(C(C)(C)C)C=CC1(C)C(C)=NC(c1ccc(C)cc1)C(C)c1ccc(Cl)cc1. The smallest absolute Gasteiger partial charge is 0.0814 e. The van der Waals surface area contributed by atoms with Gasteiger partial charge in [0.1, 0.15) is 0 Å². The summed E-state index contributed by atoms with van der Waals surface area (Å²) < 4.78 is 0. The van der Waals surface area contributed by atoms with Crippen LogP contribution in [0.4, 0.5) is 0 Å². The zero-order chi connectivity index (χ0) is 29.2. The van der Waals surface area contributed by atoms with Crippen LogP contribution in [0.3, 0.4) is 0 Å². The Bertz CT molecular complexity index is 1210. The zero-order valence-electron chi connectivity index (χ0n) is 26.5. The molecular weight excluding hydrogens is 494 g/mol. The Labute approximate surface area is 244 Å². The van der Waals surface area contributed by atoms with Gasteiger partial charge in [0.2, 0.25) is 0 Å². The van der Waals surface area contributed by atoms with Crippen molar-refractivity contribution in [1.29, 1.82) is 0 Å². The van der Waals surface area contributed by atoms with Crippen LogP contribution in [0.5, 0.6) is 0 Å². The number of aryl methyl sites for hydroxylation is 1. The number of rotatable bonds is 9. The molecule has 1 aliphatic carbocycles. The van der Waals surface area contributed by atoms with Crippen molar-refractivity contribution in [2.24, 2.45) is 27.2 Å². The van der Waals surface area contributed by atoms with Gasteiger partial charge in [0.05, 0.1) is 6.04 Å². The lowest BCUT2D eigenvalue weighted by Crippen LogP contribution is -2.42. The van der Waals surface area contributed by atoms with Gasteiger partial charge in [0.15, 0.2) is 0 Å². The molecule has 1 nitrogen and oxygen atoms in total. The summed E-state index contributed by atoms with van der Waals surface area (Å²) in [6.07, 6.45) is 8.40. The standard InChI is InChI=1S/C37H52ClN/c1-12-14-32-33(26(4)13-2)37(11,35(7,8)9)24-23-36(32,10)28(6)39-34(30-17-15-25(3)16-18-30)27(5)29-19-21-31(38)22-20-29/h15-24,26-27,34H,12-14H2,1-11H3. The molecule has 5 unspecified atom stereocenters. The van der Waals surface area contributed by atoms with Gasteiger partial charge < -0.3 is 0 Å². The highest BCUT2D eigenvalue weighted by Crippen LogP contribution is 2.57. The van der Waals surface area contributed by atoms with Gasteiger partial charge in [0.25, 0.3) is 0 Å². The van der Waals surface area contributed by atoms with Crippen LogP contribution in [0.2, 0.25) is 5.02 Å². The third-order valence-electron chi connectivity index (χ3n) is 9.80. The van der Waals surface area contributed by atoms with Crippen LogP contribution >= 0.6 is 11.6 Å². The topological polar surface area (TPSA) is 12.4 Å². The third-order valence-corrected chi connectivity index (χ3v) is 10.0. The van der Waals surface area contributed by atoms with Gasteiger partial charge in [-0.25, -0.2) is 0 Å². The number of hydrogen-bond acceptors (Lipinski definition) is 1. The first-order valence-corrected chi connectivity index (χ1v) is 15.4. The lowest BCUT2D eigenvalue weighted by molar-refractivity contribution is 0.185. The molecule has 5 atom stereocenters. The van der Waals surface area contributed by atoms with E-state index in [4.69, 9.17) is 16.6 Å². The van der Waals surface area contributed by atoms with Crippen molar-refractivity contribution in [3.8, 4) is 0 Å². The molecule has 3 rings (SSSR count). The van der Waals surface area contributed by atoms with Crippen molar-refractivity contribution in [3.63, 3.8) is 0 Å². The Kier molecular flexibility index (Phi) is 9.80. The number of hydrogen-bond donors (Lipinski definition) is 0. The second-order valence-electron chi connectivity index (χ2n) is 13.3. The minimum Gasteiger partial charge on any atom is -0.284 e. The van der Waals surface area contributed by atoms with Gasteiger partial charge in [-0.2, -0.15) is 0 Å². The first-order valence-electron chi connectivity index (χ1n) is 15.0. The molecule has 2 heteroatoms. The number of benzene rings is 2. The molecule has 0 amide bonds. The van der Waals surface area contributed by atoms with E-state index in [0.29, 0.717) is 5.92 Å². The highest BCUT2D eigenvalue weighted by Gasteiger charge is 2.47. The Hall–Kier alpha value is -2.12. The molecule has 2 aromatic rings. The van der Waals surface area contributed by atoms with Crippen molar-refractivity contribution in [3.05, 3.63) is 93.5 Å². The summed E-state index contributed by atoms with van der Waals surface area (Å²) in [7, 11) is 0. The number of allylic oxidation sites excluding steroid dienone is 4. The molecule has 0 aromatic heterocycles. The maximum absolute atomic E-state index is 6.25. The molecule has 39 heavy (non-hydrogen) atoms. The molecule has 0 saturated carbocycles. The van der Waals surface area contributed by atoms with Crippen molar-refractivity contribution >= 4 is 17.3 Å². The van der Waals surface area contributed by atoms with Gasteiger partial charge in [-0.15, -0.1) is 0 Å². The summed E-state index contributed by atoms with van der Waals surface area (Å²) in [6, 6.07) is 17.2. The summed E-state index contributed by atoms with van der Waals surface area (Å²) >= 11 is 6.25. The van der Waals surface area contributed by atoms with E-state index in [2.05, 4.69) is 125 Å². The van der Waals surface area contributed by atoms with E-state index >= 15 is 0 Å². The van der Waals surface area contributed by atoms with Crippen LogP contribution in [-0.2, 0) is 0 Å². The highest BCUT2D eigenvalue weighted by molar-refractivity contribution is 6.30. The molecule has 0 fully saturated rings. The predicted octanol–water partition coefficient (Wildman–Crippen LogP) is 11.7. The number of nitrogens with zero attached hydrogens (tertiary/aromatic N) is 1. The molecule has 1 aliphatic rings. The summed E-state index contributed by atoms with van der Waals surface area (Å²) in [5.41, 5.74) is 8.14. The van der Waals surface area contributed by atoms with Crippen LogP contribution in [0, 0.1) is 29.1 Å². The quantitative estimate of drug-likeness (QED) is 0.219. The molecule has 0 aliphatic heterocycles. The summed E-state index contributed by atoms with van der Waals surface area (Å²) in [5, 5.41) is 0.770. The first-order chi connectivity index (χ1) is 18.2. The van der Waals surface area contributed by atoms with E-state index in [1.54, 1.807) is 11.1 Å². The molecule has 0 N–H and O–H groups in total. The van der Waals surface area contributed by atoms with Crippen LogP contribution in [0.1, 0.15) is 117 Å². The molecule has 0 radical (unpaired) electrons. The summed E-state index contributed by atoms with van der Waals surface area (Å²) in [5.74, 6) is 0.734. The van der Waals surface area contributed by atoms with Crippen molar-refractivity contribution < 1.29 is 0 Å². The minimum atomic E-state index is -0.206. The lowest BCUT2D eigenvalue weighted by Gasteiger charge is -2.51. The van der Waals surface area contributed by atoms with Crippen molar-refractivity contribution in [1.82, 2.24) is 0 Å². The molecule has 0 bridgehead atoms. The van der Waals surface area contributed by atoms with Gasteiger partial charge >= 0.3 is 0 Å². The fourth-order valence-corrected chi connectivity index (χ4v) is 6.42.